The lowest BCUT2D eigenvalue weighted by Gasteiger charge is -2.00. The van der Waals surface area contributed by atoms with E-state index in [2.05, 4.69) is 10.2 Å². The number of aryl methyl sites for hydroxylation is 2. The minimum Gasteiger partial charge on any atom is -0.330 e. The summed E-state index contributed by atoms with van der Waals surface area (Å²) in [4.78, 5) is 0. The molecule has 0 spiro atoms. The molecule has 2 rings (SSSR count). The summed E-state index contributed by atoms with van der Waals surface area (Å²) in [6.45, 7) is 0.624. The van der Waals surface area contributed by atoms with Crippen molar-refractivity contribution in [1.29, 1.82) is 0 Å². The molecule has 1 aromatic heterocycles. The zero-order valence-electron chi connectivity index (χ0n) is 9.40. The first kappa shape index (κ1) is 12.5. The molecule has 90 valence electrons. The van der Waals surface area contributed by atoms with Gasteiger partial charge >= 0.3 is 0 Å². The van der Waals surface area contributed by atoms with Crippen LogP contribution in [-0.2, 0) is 19.3 Å². The molecule has 0 amide bonds. The van der Waals surface area contributed by atoms with Gasteiger partial charge in [-0.2, -0.15) is 0 Å². The normalized spacial score (nSPS) is 10.7. The first-order valence-corrected chi connectivity index (χ1v) is 6.74. The van der Waals surface area contributed by atoms with Crippen LogP contribution in [0.3, 0.4) is 0 Å². The van der Waals surface area contributed by atoms with E-state index in [1.165, 1.54) is 0 Å². The Hall–Kier alpha value is -0.970. The van der Waals surface area contributed by atoms with E-state index in [0.29, 0.717) is 6.54 Å². The molecule has 0 aliphatic carbocycles. The molecule has 0 saturated heterocycles. The van der Waals surface area contributed by atoms with Crippen molar-refractivity contribution >= 4 is 22.9 Å². The van der Waals surface area contributed by atoms with Crippen LogP contribution in [0.1, 0.15) is 15.6 Å². The molecule has 0 bridgehead atoms. The van der Waals surface area contributed by atoms with Crippen LogP contribution in [0.15, 0.2) is 24.3 Å². The average Bonchev–Trinajstić information content (AvgIpc) is 2.76. The Kier molecular flexibility index (Phi) is 4.48. The van der Waals surface area contributed by atoms with Gasteiger partial charge in [-0.15, -0.1) is 21.5 Å². The fourth-order valence-corrected chi connectivity index (χ4v) is 2.65. The fourth-order valence-electron chi connectivity index (χ4n) is 1.56. The van der Waals surface area contributed by atoms with Crippen molar-refractivity contribution in [3.63, 3.8) is 0 Å². The summed E-state index contributed by atoms with van der Waals surface area (Å²) in [5.41, 5.74) is 6.63. The molecular weight excluding hydrogens is 254 g/mol. The van der Waals surface area contributed by atoms with Gasteiger partial charge in [-0.1, -0.05) is 29.8 Å². The lowest BCUT2D eigenvalue weighted by Crippen LogP contribution is -2.01. The van der Waals surface area contributed by atoms with Gasteiger partial charge in [0.25, 0.3) is 0 Å². The van der Waals surface area contributed by atoms with Crippen LogP contribution in [0, 0.1) is 0 Å². The van der Waals surface area contributed by atoms with Crippen molar-refractivity contribution in [3.05, 3.63) is 44.9 Å². The highest BCUT2D eigenvalue weighted by atomic mass is 35.5. The quantitative estimate of drug-likeness (QED) is 0.906. The third-order valence-electron chi connectivity index (χ3n) is 2.43. The lowest BCUT2D eigenvalue weighted by atomic mass is 10.1. The van der Waals surface area contributed by atoms with Crippen molar-refractivity contribution in [2.45, 2.75) is 19.3 Å². The van der Waals surface area contributed by atoms with Crippen molar-refractivity contribution in [1.82, 2.24) is 10.2 Å². The fraction of sp³-hybridized carbons (Fsp3) is 0.333. The predicted octanol–water partition coefficient (Wildman–Crippen LogP) is 2.48. The first-order valence-electron chi connectivity index (χ1n) is 5.54. The van der Waals surface area contributed by atoms with Gasteiger partial charge in [0.05, 0.1) is 0 Å². The second-order valence-electron chi connectivity index (χ2n) is 3.72. The summed E-state index contributed by atoms with van der Waals surface area (Å²) in [6.07, 6.45) is 2.59. The van der Waals surface area contributed by atoms with Crippen LogP contribution in [0.4, 0.5) is 0 Å². The van der Waals surface area contributed by atoms with Gasteiger partial charge < -0.3 is 5.73 Å². The van der Waals surface area contributed by atoms with Crippen LogP contribution in [-0.4, -0.2) is 16.7 Å². The number of rotatable bonds is 5. The van der Waals surface area contributed by atoms with E-state index in [9.17, 15) is 0 Å². The first-order chi connectivity index (χ1) is 8.29. The third kappa shape index (κ3) is 3.49. The highest BCUT2D eigenvalue weighted by molar-refractivity contribution is 7.11. The van der Waals surface area contributed by atoms with Crippen molar-refractivity contribution < 1.29 is 0 Å². The molecule has 2 aromatic rings. The summed E-state index contributed by atoms with van der Waals surface area (Å²) in [7, 11) is 0. The molecule has 0 fully saturated rings. The van der Waals surface area contributed by atoms with Crippen LogP contribution in [0.5, 0.6) is 0 Å². The predicted molar refractivity (Wildman–Crippen MR) is 71.5 cm³/mol. The summed E-state index contributed by atoms with van der Waals surface area (Å²) >= 11 is 7.73. The molecule has 17 heavy (non-hydrogen) atoms. The monoisotopic (exact) mass is 267 g/mol. The van der Waals surface area contributed by atoms with E-state index >= 15 is 0 Å². The van der Waals surface area contributed by atoms with Crippen LogP contribution < -0.4 is 5.73 Å². The number of halogens is 1. The molecule has 0 unspecified atom stereocenters. The molecule has 0 radical (unpaired) electrons. The number of aromatic nitrogens is 2. The maximum absolute atomic E-state index is 6.10. The van der Waals surface area contributed by atoms with Gasteiger partial charge in [-0.05, 0) is 24.6 Å². The number of hydrogen-bond acceptors (Lipinski definition) is 4. The van der Waals surface area contributed by atoms with Gasteiger partial charge in [-0.25, -0.2) is 0 Å². The summed E-state index contributed by atoms with van der Waals surface area (Å²) in [5.74, 6) is 0. The summed E-state index contributed by atoms with van der Waals surface area (Å²) < 4.78 is 0. The van der Waals surface area contributed by atoms with Gasteiger partial charge in [0.2, 0.25) is 0 Å². The highest BCUT2D eigenvalue weighted by Crippen LogP contribution is 2.18. The lowest BCUT2D eigenvalue weighted by molar-refractivity contribution is 0.871. The number of benzene rings is 1. The van der Waals surface area contributed by atoms with Crippen molar-refractivity contribution in [2.75, 3.05) is 6.54 Å². The topological polar surface area (TPSA) is 51.8 Å². The maximum Gasteiger partial charge on any atom is 0.118 e. The Bertz CT molecular complexity index is 484. The average molecular weight is 268 g/mol. The Morgan fingerprint density at radius 1 is 1.06 bits per heavy atom. The molecule has 0 atom stereocenters. The minimum absolute atomic E-state index is 0.624. The van der Waals surface area contributed by atoms with E-state index in [1.807, 2.05) is 24.3 Å². The SMILES string of the molecule is NCCc1nnc(CCc2ccccc2Cl)s1. The van der Waals surface area contributed by atoms with Crippen LogP contribution >= 0.6 is 22.9 Å². The third-order valence-corrected chi connectivity index (χ3v) is 3.84. The molecule has 2 N–H and O–H groups in total. The summed E-state index contributed by atoms with van der Waals surface area (Å²) in [6, 6.07) is 7.90. The Morgan fingerprint density at radius 2 is 1.76 bits per heavy atom. The highest BCUT2D eigenvalue weighted by Gasteiger charge is 2.05. The Labute approximate surface area is 110 Å². The Morgan fingerprint density at radius 3 is 2.47 bits per heavy atom. The molecule has 0 saturated carbocycles. The van der Waals surface area contributed by atoms with E-state index in [4.69, 9.17) is 17.3 Å². The molecular formula is C12H14ClN3S. The molecule has 0 aliphatic rings. The van der Waals surface area contributed by atoms with E-state index in [0.717, 1.165) is 39.9 Å². The Balaban J connectivity index is 1.95. The zero-order chi connectivity index (χ0) is 12.1. The molecule has 5 heteroatoms. The van der Waals surface area contributed by atoms with E-state index in [1.54, 1.807) is 11.3 Å². The second-order valence-corrected chi connectivity index (χ2v) is 5.27. The van der Waals surface area contributed by atoms with Gasteiger partial charge in [0.15, 0.2) is 0 Å². The van der Waals surface area contributed by atoms with Crippen LogP contribution in [0.25, 0.3) is 0 Å². The molecule has 0 aliphatic heterocycles. The summed E-state index contributed by atoms with van der Waals surface area (Å²) in [5, 5.41) is 11.1. The largest absolute Gasteiger partial charge is 0.330 e. The minimum atomic E-state index is 0.624. The number of nitrogens with two attached hydrogens (primary N) is 1. The maximum atomic E-state index is 6.10. The van der Waals surface area contributed by atoms with Crippen molar-refractivity contribution in [3.8, 4) is 0 Å². The second kappa shape index (κ2) is 6.10. The smallest absolute Gasteiger partial charge is 0.118 e. The van der Waals surface area contributed by atoms with Crippen LogP contribution in [0.2, 0.25) is 5.02 Å². The number of hydrogen-bond donors (Lipinski definition) is 1. The van der Waals surface area contributed by atoms with Gasteiger partial charge in [0, 0.05) is 17.9 Å². The number of nitrogens with zero attached hydrogens (tertiary/aromatic N) is 2. The standard InChI is InChI=1S/C12H14ClN3S/c13-10-4-2-1-3-9(10)5-6-11-15-16-12(17-11)7-8-14/h1-4H,5-8,14H2. The van der Waals surface area contributed by atoms with Gasteiger partial charge in [0.1, 0.15) is 10.0 Å². The van der Waals surface area contributed by atoms with E-state index < -0.39 is 0 Å². The van der Waals surface area contributed by atoms with Crippen molar-refractivity contribution in [2.24, 2.45) is 5.73 Å². The molecule has 1 aromatic carbocycles. The zero-order valence-corrected chi connectivity index (χ0v) is 11.0. The van der Waals surface area contributed by atoms with E-state index in [-0.39, 0.29) is 0 Å². The molecule has 1 heterocycles. The molecule has 3 nitrogen and oxygen atoms in total. The van der Waals surface area contributed by atoms with Gasteiger partial charge in [-0.3, -0.25) is 0 Å².